The van der Waals surface area contributed by atoms with Crippen LogP contribution in [0.1, 0.15) is 27.7 Å². The first-order valence-electron chi connectivity index (χ1n) is 5.90. The van der Waals surface area contributed by atoms with E-state index in [9.17, 15) is 9.59 Å². The van der Waals surface area contributed by atoms with Gasteiger partial charge in [-0.2, -0.15) is 0 Å². The van der Waals surface area contributed by atoms with Gasteiger partial charge in [-0.25, -0.2) is 0 Å². The topological polar surface area (TPSA) is 51.1 Å². The number of pyridine rings is 1. The number of anilines is 1. The van der Waals surface area contributed by atoms with Gasteiger partial charge in [0.1, 0.15) is 5.69 Å². The number of aromatic nitrogens is 1. The number of hydrogen-bond acceptors (Lipinski definition) is 3. The highest BCUT2D eigenvalue weighted by Crippen LogP contribution is 2.02. The van der Waals surface area contributed by atoms with Crippen LogP contribution >= 0.6 is 0 Å². The smallest absolute Gasteiger partial charge is 0.274 e. The molecule has 0 bridgehead atoms. The third kappa shape index (κ3) is 3.73. The molecule has 4 nitrogen and oxygen atoms in total. The summed E-state index contributed by atoms with van der Waals surface area (Å²) in [6.07, 6.45) is 1.65. The SMILES string of the molecule is CC(C)Nc1cccn(CC(=O)C(C)C)c1=O. The molecular weight excluding hydrogens is 216 g/mol. The van der Waals surface area contributed by atoms with E-state index in [0.29, 0.717) is 5.69 Å². The van der Waals surface area contributed by atoms with Gasteiger partial charge < -0.3 is 9.88 Å². The van der Waals surface area contributed by atoms with E-state index < -0.39 is 0 Å². The van der Waals surface area contributed by atoms with E-state index in [1.165, 1.54) is 4.57 Å². The van der Waals surface area contributed by atoms with Crippen molar-refractivity contribution < 1.29 is 4.79 Å². The molecule has 0 aliphatic rings. The van der Waals surface area contributed by atoms with Gasteiger partial charge >= 0.3 is 0 Å². The Kier molecular flexibility index (Phi) is 4.49. The minimum atomic E-state index is -0.143. The molecule has 1 heterocycles. The van der Waals surface area contributed by atoms with Crippen LogP contribution in [0.2, 0.25) is 0 Å². The van der Waals surface area contributed by atoms with Crippen molar-refractivity contribution in [3.05, 3.63) is 28.7 Å². The quantitative estimate of drug-likeness (QED) is 0.849. The maximum Gasteiger partial charge on any atom is 0.274 e. The molecule has 0 amide bonds. The molecular formula is C13H20N2O2. The number of rotatable bonds is 5. The van der Waals surface area contributed by atoms with E-state index >= 15 is 0 Å². The lowest BCUT2D eigenvalue weighted by atomic mass is 10.1. The zero-order chi connectivity index (χ0) is 13.0. The summed E-state index contributed by atoms with van der Waals surface area (Å²) in [5, 5.41) is 3.07. The Labute approximate surface area is 102 Å². The van der Waals surface area contributed by atoms with Crippen molar-refractivity contribution in [2.24, 2.45) is 5.92 Å². The number of nitrogens with zero attached hydrogens (tertiary/aromatic N) is 1. The molecule has 0 radical (unpaired) electrons. The summed E-state index contributed by atoms with van der Waals surface area (Å²) < 4.78 is 1.45. The van der Waals surface area contributed by atoms with Crippen molar-refractivity contribution in [1.29, 1.82) is 0 Å². The van der Waals surface area contributed by atoms with E-state index in [1.807, 2.05) is 27.7 Å². The standard InChI is InChI=1S/C13H20N2O2/c1-9(2)12(16)8-15-7-5-6-11(13(15)17)14-10(3)4/h5-7,9-10,14H,8H2,1-4H3. The monoisotopic (exact) mass is 236 g/mol. The van der Waals surface area contributed by atoms with Crippen LogP contribution in [0, 0.1) is 5.92 Å². The lowest BCUT2D eigenvalue weighted by Crippen LogP contribution is -2.28. The number of nitrogens with one attached hydrogen (secondary N) is 1. The van der Waals surface area contributed by atoms with E-state index in [2.05, 4.69) is 5.32 Å². The molecule has 94 valence electrons. The molecule has 0 aliphatic heterocycles. The van der Waals surface area contributed by atoms with Crippen LogP contribution in [0.5, 0.6) is 0 Å². The molecule has 1 N–H and O–H groups in total. The lowest BCUT2D eigenvalue weighted by molar-refractivity contribution is -0.122. The van der Waals surface area contributed by atoms with Crippen LogP contribution in [-0.2, 0) is 11.3 Å². The molecule has 17 heavy (non-hydrogen) atoms. The van der Waals surface area contributed by atoms with Gasteiger partial charge in [-0.3, -0.25) is 9.59 Å². The fraction of sp³-hybridized carbons (Fsp3) is 0.538. The van der Waals surface area contributed by atoms with Gasteiger partial charge in [0.05, 0.1) is 6.54 Å². The van der Waals surface area contributed by atoms with Crippen molar-refractivity contribution in [3.8, 4) is 0 Å². The summed E-state index contributed by atoms with van der Waals surface area (Å²) in [6, 6.07) is 3.71. The minimum absolute atomic E-state index is 0.0522. The third-order valence-electron chi connectivity index (χ3n) is 2.43. The molecule has 0 atom stereocenters. The van der Waals surface area contributed by atoms with Crippen LogP contribution < -0.4 is 10.9 Å². The Morgan fingerprint density at radius 1 is 1.35 bits per heavy atom. The van der Waals surface area contributed by atoms with Crippen molar-refractivity contribution in [1.82, 2.24) is 4.57 Å². The average molecular weight is 236 g/mol. The van der Waals surface area contributed by atoms with Gasteiger partial charge in [-0.1, -0.05) is 13.8 Å². The van der Waals surface area contributed by atoms with Crippen LogP contribution in [0.25, 0.3) is 0 Å². The maximum absolute atomic E-state index is 12.0. The highest BCUT2D eigenvalue weighted by molar-refractivity contribution is 5.80. The molecule has 0 spiro atoms. The Morgan fingerprint density at radius 2 is 2.00 bits per heavy atom. The second kappa shape index (κ2) is 5.66. The zero-order valence-electron chi connectivity index (χ0n) is 10.9. The largest absolute Gasteiger partial charge is 0.378 e. The van der Waals surface area contributed by atoms with Crippen molar-refractivity contribution in [3.63, 3.8) is 0 Å². The predicted octanol–water partition coefficient (Wildman–Crippen LogP) is 1.89. The highest BCUT2D eigenvalue weighted by Gasteiger charge is 2.10. The van der Waals surface area contributed by atoms with Crippen LogP contribution in [0.3, 0.4) is 0 Å². The molecule has 1 aromatic heterocycles. The van der Waals surface area contributed by atoms with Crippen molar-refractivity contribution >= 4 is 11.5 Å². The first kappa shape index (κ1) is 13.5. The van der Waals surface area contributed by atoms with Gasteiger partial charge in [-0.15, -0.1) is 0 Å². The fourth-order valence-corrected chi connectivity index (χ4v) is 1.43. The zero-order valence-corrected chi connectivity index (χ0v) is 10.9. The first-order valence-corrected chi connectivity index (χ1v) is 5.90. The summed E-state index contributed by atoms with van der Waals surface area (Å²) in [5.74, 6) is 0.0115. The van der Waals surface area contributed by atoms with E-state index in [1.54, 1.807) is 18.3 Å². The predicted molar refractivity (Wildman–Crippen MR) is 69.3 cm³/mol. The second-order valence-electron chi connectivity index (χ2n) is 4.77. The third-order valence-corrected chi connectivity index (χ3v) is 2.43. The average Bonchev–Trinajstić information content (AvgIpc) is 2.23. The van der Waals surface area contributed by atoms with E-state index in [-0.39, 0.29) is 29.8 Å². The second-order valence-corrected chi connectivity index (χ2v) is 4.77. The minimum Gasteiger partial charge on any atom is -0.378 e. The highest BCUT2D eigenvalue weighted by atomic mass is 16.1. The van der Waals surface area contributed by atoms with Gasteiger partial charge in [0.25, 0.3) is 5.56 Å². The molecule has 0 aliphatic carbocycles. The summed E-state index contributed by atoms with van der Waals surface area (Å²) in [4.78, 5) is 23.6. The molecule has 0 aromatic carbocycles. The Bertz CT molecular complexity index is 447. The van der Waals surface area contributed by atoms with Crippen molar-refractivity contribution in [2.75, 3.05) is 5.32 Å². The van der Waals surface area contributed by atoms with Crippen LogP contribution in [-0.4, -0.2) is 16.4 Å². The molecule has 0 unspecified atom stereocenters. The Hall–Kier alpha value is -1.58. The number of carbonyl (C=O) groups is 1. The summed E-state index contributed by atoms with van der Waals surface area (Å²) in [5.41, 5.74) is 0.397. The number of Topliss-reactive ketones (excluding diaryl/α,β-unsaturated/α-hetero) is 1. The van der Waals surface area contributed by atoms with E-state index in [0.717, 1.165) is 0 Å². The van der Waals surface area contributed by atoms with Gasteiger partial charge in [-0.05, 0) is 26.0 Å². The summed E-state index contributed by atoms with van der Waals surface area (Å²) >= 11 is 0. The van der Waals surface area contributed by atoms with Crippen LogP contribution in [0.15, 0.2) is 23.1 Å². The molecule has 0 saturated heterocycles. The van der Waals surface area contributed by atoms with Gasteiger partial charge in [0.2, 0.25) is 0 Å². The molecule has 0 saturated carbocycles. The van der Waals surface area contributed by atoms with Crippen molar-refractivity contribution in [2.45, 2.75) is 40.3 Å². The van der Waals surface area contributed by atoms with Gasteiger partial charge in [0.15, 0.2) is 5.78 Å². The molecule has 1 aromatic rings. The molecule has 1 rings (SSSR count). The van der Waals surface area contributed by atoms with Gasteiger partial charge in [0, 0.05) is 18.2 Å². The molecule has 4 heteroatoms. The Morgan fingerprint density at radius 3 is 2.53 bits per heavy atom. The van der Waals surface area contributed by atoms with E-state index in [4.69, 9.17) is 0 Å². The number of carbonyl (C=O) groups excluding carboxylic acids is 1. The summed E-state index contributed by atoms with van der Waals surface area (Å²) in [6.45, 7) is 7.75. The number of ketones is 1. The van der Waals surface area contributed by atoms with Crippen LogP contribution in [0.4, 0.5) is 5.69 Å². The lowest BCUT2D eigenvalue weighted by Gasteiger charge is -2.12. The first-order chi connectivity index (χ1) is 7.91. The molecule has 0 fully saturated rings. The normalized spacial score (nSPS) is 10.9. The number of hydrogen-bond donors (Lipinski definition) is 1. The summed E-state index contributed by atoms with van der Waals surface area (Å²) in [7, 11) is 0. The fourth-order valence-electron chi connectivity index (χ4n) is 1.43. The maximum atomic E-state index is 12.0. The Balaban J connectivity index is 2.95.